The van der Waals surface area contributed by atoms with Crippen LogP contribution in [0.1, 0.15) is 57.1 Å². The summed E-state index contributed by atoms with van der Waals surface area (Å²) in [6.07, 6.45) is 7.27. The van der Waals surface area contributed by atoms with Gasteiger partial charge in [0.05, 0.1) is 37.1 Å². The summed E-state index contributed by atoms with van der Waals surface area (Å²) in [6, 6.07) is 17.1. The summed E-state index contributed by atoms with van der Waals surface area (Å²) in [7, 11) is 1.67. The second kappa shape index (κ2) is 12.5. The highest BCUT2D eigenvalue weighted by atomic mass is 16.5. The lowest BCUT2D eigenvalue weighted by molar-refractivity contribution is -0.109. The number of nitrogens with zero attached hydrogens (tertiary/aromatic N) is 2. The molecule has 1 aliphatic heterocycles. The molecule has 0 radical (unpaired) electrons. The fourth-order valence-corrected chi connectivity index (χ4v) is 4.72. The first-order valence-corrected chi connectivity index (χ1v) is 12.8. The molecule has 2 aliphatic rings. The van der Waals surface area contributed by atoms with Crippen LogP contribution in [-0.2, 0) is 9.53 Å². The maximum atomic E-state index is 10.1. The molecule has 1 saturated heterocycles. The van der Waals surface area contributed by atoms with E-state index in [0.29, 0.717) is 12.5 Å². The van der Waals surface area contributed by atoms with E-state index in [2.05, 4.69) is 22.0 Å². The number of methoxy groups -OCH3 is 1. The zero-order chi connectivity index (χ0) is 25.3. The van der Waals surface area contributed by atoms with Gasteiger partial charge in [-0.3, -0.25) is 4.79 Å². The lowest BCUT2D eigenvalue weighted by Crippen LogP contribution is -2.25. The van der Waals surface area contributed by atoms with Crippen molar-refractivity contribution in [3.05, 3.63) is 48.0 Å². The molecule has 2 heterocycles. The molecule has 1 amide bonds. The van der Waals surface area contributed by atoms with Gasteiger partial charge in [-0.25, -0.2) is 0 Å². The Kier molecular flexibility index (Phi) is 8.85. The number of benzene rings is 2. The molecule has 7 nitrogen and oxygen atoms in total. The fourth-order valence-electron chi connectivity index (χ4n) is 4.72. The number of nitrogens with one attached hydrogen (secondary N) is 1. The van der Waals surface area contributed by atoms with Crippen molar-refractivity contribution in [3.8, 4) is 28.8 Å². The molecule has 5 rings (SSSR count). The van der Waals surface area contributed by atoms with Crippen LogP contribution in [0.25, 0.3) is 22.2 Å². The molecule has 2 fully saturated rings. The minimum absolute atomic E-state index is 0.194. The monoisotopic (exact) mass is 489 g/mol. The third-order valence-corrected chi connectivity index (χ3v) is 6.84. The summed E-state index contributed by atoms with van der Waals surface area (Å²) in [6.45, 7) is 4.32. The van der Waals surface area contributed by atoms with Gasteiger partial charge in [0, 0.05) is 36.9 Å². The summed E-state index contributed by atoms with van der Waals surface area (Å²) >= 11 is 0. The van der Waals surface area contributed by atoms with E-state index in [0.717, 1.165) is 91.1 Å². The van der Waals surface area contributed by atoms with Crippen molar-refractivity contribution in [2.75, 3.05) is 26.9 Å². The Hall–Kier alpha value is -3.50. The van der Waals surface area contributed by atoms with Crippen LogP contribution in [0.3, 0.4) is 0 Å². The molecule has 1 saturated carbocycles. The van der Waals surface area contributed by atoms with Crippen molar-refractivity contribution in [3.63, 3.8) is 0 Å². The largest absolute Gasteiger partial charge is 0.497 e. The van der Waals surface area contributed by atoms with Crippen molar-refractivity contribution < 1.29 is 19.0 Å². The van der Waals surface area contributed by atoms with E-state index >= 15 is 0 Å². The summed E-state index contributed by atoms with van der Waals surface area (Å²) in [5.41, 5.74) is 3.87. The van der Waals surface area contributed by atoms with Crippen molar-refractivity contribution >= 4 is 17.3 Å². The standard InChI is InChI=1S/C25H26N2O3.C4H9NO/c1-28-19-7-5-17(6-8-19)25-23(16-26)22-10-9-21(30-20-11-13-29-14-12-20)15-24(22)27(25)18-3-2-4-18;1-2-3-5-4-6/h5-10,15,18,20H,2-4,11-14H2,1H3;4H,2-3H2,1H3,(H,5,6). The Balaban J connectivity index is 0.000000455. The lowest BCUT2D eigenvalue weighted by atomic mass is 9.92. The second-order valence-corrected chi connectivity index (χ2v) is 9.20. The van der Waals surface area contributed by atoms with E-state index in [9.17, 15) is 10.1 Å². The first-order chi connectivity index (χ1) is 17.7. The van der Waals surface area contributed by atoms with Gasteiger partial charge in [0.15, 0.2) is 0 Å². The molecule has 1 N–H and O–H groups in total. The predicted molar refractivity (Wildman–Crippen MR) is 140 cm³/mol. The highest BCUT2D eigenvalue weighted by molar-refractivity contribution is 5.95. The number of nitriles is 1. The summed E-state index contributed by atoms with van der Waals surface area (Å²) in [4.78, 5) is 9.45. The number of fused-ring (bicyclic) bond motifs is 1. The first-order valence-electron chi connectivity index (χ1n) is 12.8. The van der Waals surface area contributed by atoms with E-state index in [1.54, 1.807) is 7.11 Å². The van der Waals surface area contributed by atoms with E-state index in [1.807, 2.05) is 43.3 Å². The van der Waals surface area contributed by atoms with Crippen LogP contribution in [0, 0.1) is 11.3 Å². The smallest absolute Gasteiger partial charge is 0.207 e. The van der Waals surface area contributed by atoms with E-state index in [1.165, 1.54) is 6.42 Å². The number of carbonyl (C=O) groups is 1. The topological polar surface area (TPSA) is 85.5 Å². The van der Waals surface area contributed by atoms with Crippen molar-refractivity contribution in [2.45, 2.75) is 57.6 Å². The quantitative estimate of drug-likeness (QED) is 0.328. The summed E-state index contributed by atoms with van der Waals surface area (Å²) in [5.74, 6) is 1.69. The Labute approximate surface area is 213 Å². The van der Waals surface area contributed by atoms with Gasteiger partial charge < -0.3 is 24.1 Å². The lowest BCUT2D eigenvalue weighted by Gasteiger charge is -2.30. The normalized spacial score (nSPS) is 15.8. The van der Waals surface area contributed by atoms with Gasteiger partial charge in [0.2, 0.25) is 6.41 Å². The van der Waals surface area contributed by atoms with Gasteiger partial charge in [0.1, 0.15) is 23.7 Å². The molecule has 2 aromatic carbocycles. The molecule has 1 aromatic heterocycles. The Bertz CT molecular complexity index is 1190. The van der Waals surface area contributed by atoms with Gasteiger partial charge in [-0.2, -0.15) is 5.26 Å². The number of hydrogen-bond acceptors (Lipinski definition) is 5. The van der Waals surface area contributed by atoms with Crippen LogP contribution in [0.2, 0.25) is 0 Å². The maximum absolute atomic E-state index is 10.1. The molecular formula is C29H35N3O4. The van der Waals surface area contributed by atoms with Gasteiger partial charge in [0.25, 0.3) is 0 Å². The summed E-state index contributed by atoms with van der Waals surface area (Å²) < 4.78 is 19.4. The van der Waals surface area contributed by atoms with Gasteiger partial charge >= 0.3 is 0 Å². The molecule has 3 aromatic rings. The minimum Gasteiger partial charge on any atom is -0.497 e. The average molecular weight is 490 g/mol. The van der Waals surface area contributed by atoms with E-state index in [4.69, 9.17) is 14.2 Å². The number of hydrogen-bond donors (Lipinski definition) is 1. The molecule has 0 bridgehead atoms. The van der Waals surface area contributed by atoms with Crippen molar-refractivity contribution in [2.24, 2.45) is 0 Å². The van der Waals surface area contributed by atoms with E-state index < -0.39 is 0 Å². The number of aromatic nitrogens is 1. The third-order valence-electron chi connectivity index (χ3n) is 6.84. The van der Waals surface area contributed by atoms with Crippen LogP contribution in [0.15, 0.2) is 42.5 Å². The minimum atomic E-state index is 0.194. The van der Waals surface area contributed by atoms with Crippen LogP contribution >= 0.6 is 0 Å². The first kappa shape index (κ1) is 25.6. The SMILES string of the molecule is CCCNC=O.COc1ccc(-c2c(C#N)c3ccc(OC4CCOCC4)cc3n2C2CCC2)cc1. The highest BCUT2D eigenvalue weighted by Crippen LogP contribution is 2.43. The zero-order valence-corrected chi connectivity index (χ0v) is 21.2. The number of carbonyl (C=O) groups excluding carboxylic acids is 1. The Morgan fingerprint density at radius 2 is 1.83 bits per heavy atom. The predicted octanol–water partition coefficient (Wildman–Crippen LogP) is 5.61. The second-order valence-electron chi connectivity index (χ2n) is 9.20. The molecule has 36 heavy (non-hydrogen) atoms. The average Bonchev–Trinajstić information content (AvgIpc) is 3.20. The van der Waals surface area contributed by atoms with Crippen LogP contribution in [0.4, 0.5) is 0 Å². The highest BCUT2D eigenvalue weighted by Gasteiger charge is 2.28. The Morgan fingerprint density at radius 3 is 2.39 bits per heavy atom. The number of ether oxygens (including phenoxy) is 3. The fraction of sp³-hybridized carbons (Fsp3) is 0.448. The van der Waals surface area contributed by atoms with Gasteiger partial charge in [-0.1, -0.05) is 6.92 Å². The molecule has 0 unspecified atom stereocenters. The molecule has 7 heteroatoms. The summed E-state index contributed by atoms with van der Waals surface area (Å²) in [5, 5.41) is 13.6. The van der Waals surface area contributed by atoms with Crippen LogP contribution < -0.4 is 14.8 Å². The van der Waals surface area contributed by atoms with E-state index in [-0.39, 0.29) is 6.10 Å². The molecule has 0 spiro atoms. The zero-order valence-electron chi connectivity index (χ0n) is 21.2. The molecular weight excluding hydrogens is 454 g/mol. The van der Waals surface area contributed by atoms with Gasteiger partial charge in [-0.05, 0) is 67.6 Å². The van der Waals surface area contributed by atoms with Crippen molar-refractivity contribution in [1.29, 1.82) is 5.26 Å². The molecule has 1 aliphatic carbocycles. The molecule has 0 atom stereocenters. The van der Waals surface area contributed by atoms with Crippen LogP contribution in [-0.4, -0.2) is 43.9 Å². The van der Waals surface area contributed by atoms with Crippen LogP contribution in [0.5, 0.6) is 11.5 Å². The van der Waals surface area contributed by atoms with Crippen molar-refractivity contribution in [1.82, 2.24) is 9.88 Å². The maximum Gasteiger partial charge on any atom is 0.207 e. The Morgan fingerprint density at radius 1 is 1.11 bits per heavy atom. The van der Waals surface area contributed by atoms with Gasteiger partial charge in [-0.15, -0.1) is 0 Å². The molecule has 190 valence electrons. The number of rotatable bonds is 8. The number of amides is 1. The third kappa shape index (κ3) is 5.66.